The van der Waals surface area contributed by atoms with E-state index >= 15 is 0 Å². The minimum atomic E-state index is -1.57. The van der Waals surface area contributed by atoms with Crippen LogP contribution in [0.3, 0.4) is 0 Å². The lowest BCUT2D eigenvalue weighted by Crippen LogP contribution is -2.58. The maximum absolute atomic E-state index is 12.6. The normalized spacial score (nSPS) is 14.8. The van der Waals surface area contributed by atoms with Gasteiger partial charge in [-0.2, -0.15) is 11.8 Å². The lowest BCUT2D eigenvalue weighted by Gasteiger charge is -2.24. The first-order valence-corrected chi connectivity index (χ1v) is 11.0. The molecule has 0 heterocycles. The van der Waals surface area contributed by atoms with E-state index in [1.807, 2.05) is 13.8 Å². The Morgan fingerprint density at radius 1 is 0.903 bits per heavy atom. The summed E-state index contributed by atoms with van der Waals surface area (Å²) >= 11 is 1.37. The number of nitrogens with one attached hydrogen (secondary N) is 3. The van der Waals surface area contributed by atoms with Crippen LogP contribution in [0.1, 0.15) is 33.1 Å². The predicted molar refractivity (Wildman–Crippen MR) is 113 cm³/mol. The first-order valence-electron chi connectivity index (χ1n) is 9.63. The van der Waals surface area contributed by atoms with Crippen molar-refractivity contribution >= 4 is 41.4 Å². The third-order valence-corrected chi connectivity index (χ3v) is 4.76. The topological polar surface area (TPSA) is 208 Å². The maximum Gasteiger partial charge on any atom is 0.328 e. The van der Waals surface area contributed by atoms with Crippen molar-refractivity contribution in [3.8, 4) is 0 Å². The summed E-state index contributed by atoms with van der Waals surface area (Å²) < 4.78 is 0. The summed E-state index contributed by atoms with van der Waals surface area (Å²) in [5.74, 6) is -4.78. The number of aliphatic carboxylic acids is 2. The highest BCUT2D eigenvalue weighted by Gasteiger charge is 2.31. The van der Waals surface area contributed by atoms with E-state index in [1.165, 1.54) is 11.8 Å². The lowest BCUT2D eigenvalue weighted by atomic mass is 10.0. The van der Waals surface area contributed by atoms with Gasteiger partial charge < -0.3 is 37.0 Å². The van der Waals surface area contributed by atoms with E-state index in [-0.39, 0.29) is 12.3 Å². The second kappa shape index (κ2) is 14.6. The van der Waals surface area contributed by atoms with Gasteiger partial charge in [0, 0.05) is 0 Å². The molecule has 13 heteroatoms. The Labute approximate surface area is 184 Å². The summed E-state index contributed by atoms with van der Waals surface area (Å²) in [6.07, 6.45) is 1.45. The second-order valence-electron chi connectivity index (χ2n) is 7.32. The Balaban J connectivity index is 5.38. The standard InChI is InChI=1S/C18H32N4O8S/c1-9(2)6-10(19)15(26)21-12(7-14(24)25)17(28)20-11(4-5-31-3)16(27)22-13(8-23)18(29)30/h9-13,23H,4-8,19H2,1-3H3,(H,20,28)(H,21,26)(H,22,27)(H,24,25)(H,29,30). The summed E-state index contributed by atoms with van der Waals surface area (Å²) in [5.41, 5.74) is 5.77. The monoisotopic (exact) mass is 464 g/mol. The molecule has 0 bridgehead atoms. The molecular weight excluding hydrogens is 432 g/mol. The number of thioether (sulfide) groups is 1. The summed E-state index contributed by atoms with van der Waals surface area (Å²) in [4.78, 5) is 59.5. The van der Waals surface area contributed by atoms with Gasteiger partial charge in [-0.05, 0) is 30.8 Å². The fourth-order valence-corrected chi connectivity index (χ4v) is 2.98. The van der Waals surface area contributed by atoms with E-state index in [4.69, 9.17) is 21.1 Å². The zero-order valence-electron chi connectivity index (χ0n) is 17.8. The van der Waals surface area contributed by atoms with Crippen LogP contribution in [-0.2, 0) is 24.0 Å². The highest BCUT2D eigenvalue weighted by molar-refractivity contribution is 7.98. The Bertz CT molecular complexity index is 646. The van der Waals surface area contributed by atoms with Crippen LogP contribution in [0, 0.1) is 5.92 Å². The number of aliphatic hydroxyl groups is 1. The minimum absolute atomic E-state index is 0.0980. The zero-order chi connectivity index (χ0) is 24.1. The predicted octanol–water partition coefficient (Wildman–Crippen LogP) is -1.88. The lowest BCUT2D eigenvalue weighted by molar-refractivity contribution is -0.144. The van der Waals surface area contributed by atoms with Gasteiger partial charge in [-0.3, -0.25) is 19.2 Å². The van der Waals surface area contributed by atoms with Gasteiger partial charge in [0.2, 0.25) is 17.7 Å². The van der Waals surface area contributed by atoms with Crippen molar-refractivity contribution in [1.29, 1.82) is 0 Å². The average Bonchev–Trinajstić information content (AvgIpc) is 2.66. The van der Waals surface area contributed by atoms with Crippen LogP contribution in [0.15, 0.2) is 0 Å². The molecule has 0 radical (unpaired) electrons. The number of carbonyl (C=O) groups is 5. The van der Waals surface area contributed by atoms with Gasteiger partial charge in [-0.25, -0.2) is 4.79 Å². The molecule has 12 nitrogen and oxygen atoms in total. The Morgan fingerprint density at radius 3 is 1.87 bits per heavy atom. The summed E-state index contributed by atoms with van der Waals surface area (Å²) in [7, 11) is 0. The molecule has 0 aromatic carbocycles. The van der Waals surface area contributed by atoms with Gasteiger partial charge in [0.1, 0.15) is 18.1 Å². The van der Waals surface area contributed by atoms with Gasteiger partial charge in [-0.1, -0.05) is 13.8 Å². The van der Waals surface area contributed by atoms with Crippen molar-refractivity contribution in [2.24, 2.45) is 11.7 Å². The van der Waals surface area contributed by atoms with Crippen LogP contribution in [0.4, 0.5) is 0 Å². The Morgan fingerprint density at radius 2 is 1.42 bits per heavy atom. The Hall–Kier alpha value is -2.38. The molecule has 0 aromatic heterocycles. The summed E-state index contributed by atoms with van der Waals surface area (Å²) in [6, 6.07) is -5.20. The van der Waals surface area contributed by atoms with Gasteiger partial charge in [0.05, 0.1) is 19.1 Å². The third kappa shape index (κ3) is 11.5. The highest BCUT2D eigenvalue weighted by Crippen LogP contribution is 2.06. The van der Waals surface area contributed by atoms with Crippen molar-refractivity contribution in [3.05, 3.63) is 0 Å². The number of aliphatic hydroxyl groups excluding tert-OH is 1. The van der Waals surface area contributed by atoms with E-state index in [0.29, 0.717) is 12.2 Å². The molecule has 0 aliphatic carbocycles. The van der Waals surface area contributed by atoms with E-state index in [1.54, 1.807) is 6.26 Å². The fourth-order valence-electron chi connectivity index (χ4n) is 2.51. The van der Waals surface area contributed by atoms with E-state index in [2.05, 4.69) is 16.0 Å². The molecule has 0 saturated heterocycles. The molecule has 31 heavy (non-hydrogen) atoms. The molecule has 0 aliphatic heterocycles. The minimum Gasteiger partial charge on any atom is -0.481 e. The van der Waals surface area contributed by atoms with Crippen LogP contribution in [0.5, 0.6) is 0 Å². The molecule has 0 rings (SSSR count). The first kappa shape index (κ1) is 28.6. The molecule has 0 fully saturated rings. The van der Waals surface area contributed by atoms with Crippen molar-refractivity contribution in [3.63, 3.8) is 0 Å². The molecule has 0 spiro atoms. The SMILES string of the molecule is CSCCC(NC(=O)C(CC(=O)O)NC(=O)C(N)CC(C)C)C(=O)NC(CO)C(=O)O. The van der Waals surface area contributed by atoms with Crippen LogP contribution in [-0.4, -0.2) is 87.8 Å². The van der Waals surface area contributed by atoms with Crippen molar-refractivity contribution in [2.45, 2.75) is 57.3 Å². The van der Waals surface area contributed by atoms with Gasteiger partial charge >= 0.3 is 11.9 Å². The second-order valence-corrected chi connectivity index (χ2v) is 8.31. The molecule has 0 saturated carbocycles. The summed E-state index contributed by atoms with van der Waals surface area (Å²) in [6.45, 7) is 2.84. The number of hydrogen-bond acceptors (Lipinski definition) is 8. The molecule has 4 unspecified atom stereocenters. The highest BCUT2D eigenvalue weighted by atomic mass is 32.2. The summed E-state index contributed by atoms with van der Waals surface area (Å²) in [5, 5.41) is 33.9. The smallest absolute Gasteiger partial charge is 0.328 e. The van der Waals surface area contributed by atoms with Crippen molar-refractivity contribution in [1.82, 2.24) is 16.0 Å². The van der Waals surface area contributed by atoms with Gasteiger partial charge in [0.15, 0.2) is 0 Å². The number of hydrogen-bond donors (Lipinski definition) is 7. The van der Waals surface area contributed by atoms with Gasteiger partial charge in [0.25, 0.3) is 0 Å². The molecule has 8 N–H and O–H groups in total. The Kier molecular flexibility index (Phi) is 13.5. The quantitative estimate of drug-likeness (QED) is 0.143. The number of amides is 3. The zero-order valence-corrected chi connectivity index (χ0v) is 18.6. The van der Waals surface area contributed by atoms with Crippen LogP contribution in [0.25, 0.3) is 0 Å². The molecular formula is C18H32N4O8S. The number of carboxylic acid groups (broad SMARTS) is 2. The van der Waals surface area contributed by atoms with Crippen molar-refractivity contribution in [2.75, 3.05) is 18.6 Å². The van der Waals surface area contributed by atoms with E-state index in [9.17, 15) is 24.0 Å². The van der Waals surface area contributed by atoms with E-state index < -0.39 is 66.9 Å². The number of nitrogens with two attached hydrogens (primary N) is 1. The molecule has 0 aliphatic rings. The first-order chi connectivity index (χ1) is 14.4. The average molecular weight is 465 g/mol. The van der Waals surface area contributed by atoms with Crippen LogP contribution < -0.4 is 21.7 Å². The number of carboxylic acids is 2. The molecule has 3 amide bonds. The molecule has 4 atom stereocenters. The largest absolute Gasteiger partial charge is 0.481 e. The third-order valence-electron chi connectivity index (χ3n) is 4.11. The molecule has 0 aromatic rings. The number of carbonyl (C=O) groups excluding carboxylic acids is 3. The van der Waals surface area contributed by atoms with Gasteiger partial charge in [-0.15, -0.1) is 0 Å². The maximum atomic E-state index is 12.6. The fraction of sp³-hybridized carbons (Fsp3) is 0.722. The van der Waals surface area contributed by atoms with Crippen LogP contribution in [0.2, 0.25) is 0 Å². The number of rotatable bonds is 15. The van der Waals surface area contributed by atoms with E-state index in [0.717, 1.165) is 0 Å². The van der Waals surface area contributed by atoms with Crippen molar-refractivity contribution < 1.29 is 39.3 Å². The molecule has 178 valence electrons. The van der Waals surface area contributed by atoms with Crippen LogP contribution >= 0.6 is 11.8 Å².